The molecule has 3 atom stereocenters. The summed E-state index contributed by atoms with van der Waals surface area (Å²) in [6.07, 6.45) is 2.99. The van der Waals surface area contributed by atoms with E-state index in [-0.39, 0.29) is 29.3 Å². The van der Waals surface area contributed by atoms with Crippen LogP contribution in [-0.4, -0.2) is 30.0 Å². The zero-order chi connectivity index (χ0) is 15.0. The molecule has 21 heavy (non-hydrogen) atoms. The van der Waals surface area contributed by atoms with E-state index in [0.29, 0.717) is 11.7 Å². The molecule has 7 nitrogen and oxygen atoms in total. The molecule has 0 radical (unpaired) electrons. The number of hydrogen-bond donors (Lipinski definition) is 2. The quantitative estimate of drug-likeness (QED) is 0.650. The third-order valence-corrected chi connectivity index (χ3v) is 4.28. The third-order valence-electron chi connectivity index (χ3n) is 4.28. The van der Waals surface area contributed by atoms with Crippen LogP contribution in [0.15, 0.2) is 18.2 Å². The van der Waals surface area contributed by atoms with Crippen LogP contribution >= 0.6 is 0 Å². The molecule has 0 aliphatic carbocycles. The largest absolute Gasteiger partial charge is 0.490 e. The lowest BCUT2D eigenvalue weighted by molar-refractivity contribution is -0.385. The molecule has 1 aromatic carbocycles. The number of methoxy groups -OCH3 is 1. The molecule has 7 heteroatoms. The molecule has 0 saturated carbocycles. The molecular formula is C14H17N3O4. The monoisotopic (exact) mass is 291 g/mol. The number of ether oxygens (including phenoxy) is 1. The van der Waals surface area contributed by atoms with Crippen LogP contribution in [-0.2, 0) is 4.79 Å². The van der Waals surface area contributed by atoms with E-state index in [9.17, 15) is 14.9 Å². The third kappa shape index (κ3) is 2.56. The Kier molecular flexibility index (Phi) is 3.50. The first kappa shape index (κ1) is 13.8. The van der Waals surface area contributed by atoms with Gasteiger partial charge in [-0.15, -0.1) is 0 Å². The van der Waals surface area contributed by atoms with Crippen molar-refractivity contribution in [3.63, 3.8) is 0 Å². The lowest BCUT2D eigenvalue weighted by Gasteiger charge is -2.19. The maximum absolute atomic E-state index is 12.3. The highest BCUT2D eigenvalue weighted by molar-refractivity contribution is 5.93. The Morgan fingerprint density at radius 2 is 2.29 bits per heavy atom. The van der Waals surface area contributed by atoms with Gasteiger partial charge in [-0.1, -0.05) is 0 Å². The van der Waals surface area contributed by atoms with Crippen LogP contribution in [0, 0.1) is 16.0 Å². The van der Waals surface area contributed by atoms with E-state index < -0.39 is 4.92 Å². The zero-order valence-electron chi connectivity index (χ0n) is 11.7. The zero-order valence-corrected chi connectivity index (χ0v) is 11.7. The number of carbonyl (C=O) groups excluding carboxylic acids is 1. The van der Waals surface area contributed by atoms with Gasteiger partial charge in [0.1, 0.15) is 0 Å². The average Bonchev–Trinajstić information content (AvgIpc) is 3.09. The minimum Gasteiger partial charge on any atom is -0.490 e. The van der Waals surface area contributed by atoms with Gasteiger partial charge >= 0.3 is 5.69 Å². The molecule has 2 saturated heterocycles. The first-order valence-corrected chi connectivity index (χ1v) is 6.98. The first-order valence-electron chi connectivity index (χ1n) is 6.98. The number of nitro groups is 1. The van der Waals surface area contributed by atoms with Gasteiger partial charge < -0.3 is 15.4 Å². The summed E-state index contributed by atoms with van der Waals surface area (Å²) in [5, 5.41) is 17.2. The van der Waals surface area contributed by atoms with Gasteiger partial charge in [-0.2, -0.15) is 0 Å². The summed E-state index contributed by atoms with van der Waals surface area (Å²) in [4.78, 5) is 22.7. The number of nitrogens with one attached hydrogen (secondary N) is 2. The number of hydrogen-bond acceptors (Lipinski definition) is 5. The molecule has 1 amide bonds. The molecule has 2 aliphatic heterocycles. The number of amides is 1. The Hall–Kier alpha value is -2.15. The molecule has 1 aromatic rings. The second kappa shape index (κ2) is 5.33. The summed E-state index contributed by atoms with van der Waals surface area (Å²) < 4.78 is 4.94. The van der Waals surface area contributed by atoms with E-state index in [1.165, 1.54) is 19.2 Å². The van der Waals surface area contributed by atoms with Gasteiger partial charge in [-0.25, -0.2) is 0 Å². The van der Waals surface area contributed by atoms with Gasteiger partial charge in [-0.3, -0.25) is 14.9 Å². The van der Waals surface area contributed by atoms with Crippen LogP contribution in [0.4, 0.5) is 11.4 Å². The van der Waals surface area contributed by atoms with Crippen molar-refractivity contribution in [2.75, 3.05) is 12.4 Å². The Balaban J connectivity index is 1.74. The first-order chi connectivity index (χ1) is 10.1. The minimum absolute atomic E-state index is 0.0510. The molecule has 2 bridgehead atoms. The van der Waals surface area contributed by atoms with Gasteiger partial charge in [0.05, 0.1) is 18.0 Å². The molecule has 2 heterocycles. The van der Waals surface area contributed by atoms with Gasteiger partial charge in [0.2, 0.25) is 5.91 Å². The van der Waals surface area contributed by atoms with E-state index in [0.717, 1.165) is 19.3 Å². The number of nitrogens with zero attached hydrogens (tertiary/aromatic N) is 1. The summed E-state index contributed by atoms with van der Waals surface area (Å²) >= 11 is 0. The fraction of sp³-hybridized carbons (Fsp3) is 0.500. The standard InChI is InChI=1S/C14H17N3O4/c1-21-13-5-3-9(7-12(13)17(19)20)16-14(18)10-6-8-2-4-11(10)15-8/h3,5,7-8,10-11,15H,2,4,6H2,1H3,(H,16,18). The van der Waals surface area contributed by atoms with Crippen LogP contribution < -0.4 is 15.4 Å². The van der Waals surface area contributed by atoms with Crippen LogP contribution in [0.3, 0.4) is 0 Å². The molecule has 3 rings (SSSR count). The van der Waals surface area contributed by atoms with Gasteiger partial charge in [0.25, 0.3) is 0 Å². The van der Waals surface area contributed by atoms with Crippen molar-refractivity contribution in [2.45, 2.75) is 31.3 Å². The Labute approximate surface area is 121 Å². The van der Waals surface area contributed by atoms with E-state index in [4.69, 9.17) is 4.74 Å². The molecule has 3 unspecified atom stereocenters. The number of carbonyl (C=O) groups is 1. The van der Waals surface area contributed by atoms with Gasteiger partial charge in [0.15, 0.2) is 5.75 Å². The molecular weight excluding hydrogens is 274 g/mol. The van der Waals surface area contributed by atoms with Gasteiger partial charge in [0, 0.05) is 23.8 Å². The van der Waals surface area contributed by atoms with Crippen molar-refractivity contribution < 1.29 is 14.5 Å². The second-order valence-electron chi connectivity index (χ2n) is 5.52. The number of rotatable bonds is 4. The summed E-state index contributed by atoms with van der Waals surface area (Å²) in [5.41, 5.74) is 0.275. The molecule has 112 valence electrons. The van der Waals surface area contributed by atoms with Crippen molar-refractivity contribution in [3.8, 4) is 5.75 Å². The van der Waals surface area contributed by atoms with Crippen LogP contribution in [0.25, 0.3) is 0 Å². The predicted octanol–water partition coefficient (Wildman–Crippen LogP) is 1.68. The SMILES string of the molecule is COc1ccc(NC(=O)C2CC3CCC2N3)cc1[N+](=O)[O-]. The van der Waals surface area contributed by atoms with Crippen molar-refractivity contribution in [2.24, 2.45) is 5.92 Å². The lowest BCUT2D eigenvalue weighted by Crippen LogP contribution is -2.32. The Bertz CT molecular complexity index is 590. The fourth-order valence-corrected chi connectivity index (χ4v) is 3.26. The summed E-state index contributed by atoms with van der Waals surface area (Å²) in [7, 11) is 1.38. The smallest absolute Gasteiger partial charge is 0.312 e. The van der Waals surface area contributed by atoms with E-state index in [1.54, 1.807) is 6.07 Å². The molecule has 2 fully saturated rings. The summed E-state index contributed by atoms with van der Waals surface area (Å²) in [6, 6.07) is 5.12. The summed E-state index contributed by atoms with van der Waals surface area (Å²) in [5.74, 6) is 0.0543. The van der Waals surface area contributed by atoms with E-state index in [1.807, 2.05) is 0 Å². The van der Waals surface area contributed by atoms with Gasteiger partial charge in [-0.05, 0) is 31.4 Å². The number of anilines is 1. The van der Waals surface area contributed by atoms with Crippen LogP contribution in [0.2, 0.25) is 0 Å². The van der Waals surface area contributed by atoms with E-state index >= 15 is 0 Å². The normalized spacial score (nSPS) is 26.6. The number of nitro benzene ring substituents is 1. The highest BCUT2D eigenvalue weighted by Gasteiger charge is 2.42. The fourth-order valence-electron chi connectivity index (χ4n) is 3.26. The molecule has 0 aromatic heterocycles. The minimum atomic E-state index is -0.520. The van der Waals surface area contributed by atoms with Crippen LogP contribution in [0.5, 0.6) is 5.75 Å². The lowest BCUT2D eigenvalue weighted by atomic mass is 9.88. The number of fused-ring (bicyclic) bond motifs is 2. The van der Waals surface area contributed by atoms with Crippen molar-refractivity contribution in [1.29, 1.82) is 0 Å². The van der Waals surface area contributed by atoms with Crippen molar-refractivity contribution in [1.82, 2.24) is 5.32 Å². The molecule has 2 N–H and O–H groups in total. The predicted molar refractivity (Wildman–Crippen MR) is 76.3 cm³/mol. The average molecular weight is 291 g/mol. The highest BCUT2D eigenvalue weighted by atomic mass is 16.6. The highest BCUT2D eigenvalue weighted by Crippen LogP contribution is 2.35. The Morgan fingerprint density at radius 1 is 1.48 bits per heavy atom. The second-order valence-corrected chi connectivity index (χ2v) is 5.52. The topological polar surface area (TPSA) is 93.5 Å². The Morgan fingerprint density at radius 3 is 2.86 bits per heavy atom. The molecule has 2 aliphatic rings. The van der Waals surface area contributed by atoms with E-state index in [2.05, 4.69) is 10.6 Å². The summed E-state index contributed by atoms with van der Waals surface area (Å²) in [6.45, 7) is 0. The molecule has 0 spiro atoms. The maximum Gasteiger partial charge on any atom is 0.312 e. The van der Waals surface area contributed by atoms with Crippen molar-refractivity contribution in [3.05, 3.63) is 28.3 Å². The maximum atomic E-state index is 12.3. The number of benzene rings is 1. The van der Waals surface area contributed by atoms with Crippen LogP contribution in [0.1, 0.15) is 19.3 Å². The van der Waals surface area contributed by atoms with Crippen molar-refractivity contribution >= 4 is 17.3 Å².